The quantitative estimate of drug-likeness (QED) is 0.469. The molecule has 48 valence electrons. The summed E-state index contributed by atoms with van der Waals surface area (Å²) in [6, 6.07) is 0. The topological polar surface area (TPSA) is 0 Å². The summed E-state index contributed by atoms with van der Waals surface area (Å²) >= 11 is 0. The van der Waals surface area contributed by atoms with Gasteiger partial charge in [-0.25, -0.2) is 0 Å². The molecule has 0 aromatic carbocycles. The van der Waals surface area contributed by atoms with Crippen LogP contribution in [0.2, 0.25) is 0 Å². The summed E-state index contributed by atoms with van der Waals surface area (Å²) in [5.74, 6) is 1.48. The van der Waals surface area contributed by atoms with Crippen molar-refractivity contribution in [2.75, 3.05) is 0 Å². The minimum Gasteiger partial charge on any atom is -0.0761 e. The molecule has 0 aliphatic heterocycles. The molecule has 0 nitrogen and oxygen atoms in total. The van der Waals surface area contributed by atoms with Gasteiger partial charge in [-0.2, -0.15) is 0 Å². The number of fused-ring (bicyclic) bond motifs is 4. The average Bonchev–Trinajstić information content (AvgIpc) is 2.42. The summed E-state index contributed by atoms with van der Waals surface area (Å²) < 4.78 is 0. The number of rotatable bonds is 0. The molecule has 0 radical (unpaired) electrons. The molecule has 0 aromatic rings. The Hall–Kier alpha value is -1.04. The van der Waals surface area contributed by atoms with E-state index in [1.165, 1.54) is 0 Å². The molecule has 3 aliphatic rings. The molecule has 10 heavy (non-hydrogen) atoms. The van der Waals surface area contributed by atoms with E-state index in [0.29, 0.717) is 0 Å². The molecule has 0 unspecified atom stereocenters. The van der Waals surface area contributed by atoms with Crippen molar-refractivity contribution >= 4 is 0 Å². The Labute approximate surface area is 60.2 Å². The fraction of sp³-hybridized carbons (Fsp3) is 0.200. The molecular weight excluding hydrogens is 120 g/mol. The zero-order valence-electron chi connectivity index (χ0n) is 5.62. The SMILES string of the molecule is C1=C[C@@H]2C(=C1)C1=CC=C[C@@H]12. The fourth-order valence-corrected chi connectivity index (χ4v) is 2.09. The Kier molecular flexibility index (Phi) is 0.634. The second kappa shape index (κ2) is 1.34. The van der Waals surface area contributed by atoms with E-state index in [-0.39, 0.29) is 0 Å². The van der Waals surface area contributed by atoms with E-state index in [1.807, 2.05) is 0 Å². The van der Waals surface area contributed by atoms with Gasteiger partial charge in [-0.3, -0.25) is 0 Å². The van der Waals surface area contributed by atoms with Gasteiger partial charge < -0.3 is 0 Å². The molecule has 0 heterocycles. The van der Waals surface area contributed by atoms with Crippen molar-refractivity contribution in [3.63, 3.8) is 0 Å². The van der Waals surface area contributed by atoms with E-state index in [1.54, 1.807) is 11.1 Å². The molecule has 0 N–H and O–H groups in total. The highest BCUT2D eigenvalue weighted by atomic mass is 14.4. The zero-order valence-corrected chi connectivity index (χ0v) is 5.62. The Balaban J connectivity index is 2.15. The largest absolute Gasteiger partial charge is 0.0761 e. The summed E-state index contributed by atoms with van der Waals surface area (Å²) in [5, 5.41) is 0. The highest BCUT2D eigenvalue weighted by Gasteiger charge is 2.39. The number of allylic oxidation sites excluding steroid dienone is 8. The van der Waals surface area contributed by atoms with E-state index >= 15 is 0 Å². The Morgan fingerprint density at radius 1 is 0.800 bits per heavy atom. The van der Waals surface area contributed by atoms with Crippen LogP contribution in [0.4, 0.5) is 0 Å². The van der Waals surface area contributed by atoms with Gasteiger partial charge in [-0.1, -0.05) is 36.5 Å². The smallest absolute Gasteiger partial charge is 0.0128 e. The molecule has 3 rings (SSSR count). The molecule has 1 fully saturated rings. The van der Waals surface area contributed by atoms with Gasteiger partial charge in [0, 0.05) is 11.8 Å². The van der Waals surface area contributed by atoms with Crippen LogP contribution in [-0.2, 0) is 0 Å². The van der Waals surface area contributed by atoms with E-state index in [9.17, 15) is 0 Å². The summed E-state index contributed by atoms with van der Waals surface area (Å²) in [5.41, 5.74) is 3.10. The van der Waals surface area contributed by atoms with Crippen LogP contribution in [0, 0.1) is 11.8 Å². The van der Waals surface area contributed by atoms with Gasteiger partial charge in [0.25, 0.3) is 0 Å². The molecule has 1 saturated carbocycles. The minimum atomic E-state index is 0.741. The van der Waals surface area contributed by atoms with Crippen molar-refractivity contribution in [3.05, 3.63) is 47.6 Å². The first-order valence-corrected chi connectivity index (χ1v) is 3.74. The van der Waals surface area contributed by atoms with E-state index in [4.69, 9.17) is 0 Å². The van der Waals surface area contributed by atoms with E-state index in [0.717, 1.165) is 11.8 Å². The Morgan fingerprint density at radius 2 is 1.30 bits per heavy atom. The lowest BCUT2D eigenvalue weighted by Crippen LogP contribution is -2.25. The Morgan fingerprint density at radius 3 is 1.80 bits per heavy atom. The van der Waals surface area contributed by atoms with Crippen molar-refractivity contribution in [3.8, 4) is 0 Å². The maximum Gasteiger partial charge on any atom is 0.0128 e. The van der Waals surface area contributed by atoms with Crippen LogP contribution in [0.25, 0.3) is 0 Å². The van der Waals surface area contributed by atoms with Gasteiger partial charge in [0.1, 0.15) is 0 Å². The van der Waals surface area contributed by atoms with Gasteiger partial charge in [0.05, 0.1) is 0 Å². The van der Waals surface area contributed by atoms with Crippen LogP contribution in [0.3, 0.4) is 0 Å². The molecular formula is C10H8. The van der Waals surface area contributed by atoms with Crippen molar-refractivity contribution < 1.29 is 0 Å². The maximum atomic E-state index is 2.30. The van der Waals surface area contributed by atoms with Crippen LogP contribution in [0.5, 0.6) is 0 Å². The first-order chi connectivity index (χ1) is 4.97. The second-order valence-corrected chi connectivity index (χ2v) is 3.07. The molecule has 0 spiro atoms. The predicted octanol–water partition coefficient (Wildman–Crippen LogP) is 2.22. The minimum absolute atomic E-state index is 0.741. The lowest BCUT2D eigenvalue weighted by molar-refractivity contribution is 0.540. The van der Waals surface area contributed by atoms with Crippen LogP contribution in [0.1, 0.15) is 0 Å². The fourth-order valence-electron chi connectivity index (χ4n) is 2.09. The molecule has 0 bridgehead atoms. The summed E-state index contributed by atoms with van der Waals surface area (Å²) in [6.07, 6.45) is 13.4. The molecule has 0 saturated heterocycles. The third kappa shape index (κ3) is 0.340. The molecule has 0 heteroatoms. The molecule has 0 amide bonds. The first kappa shape index (κ1) is 4.73. The molecule has 3 aliphatic carbocycles. The third-order valence-electron chi connectivity index (χ3n) is 2.63. The third-order valence-corrected chi connectivity index (χ3v) is 2.63. The second-order valence-electron chi connectivity index (χ2n) is 3.07. The zero-order chi connectivity index (χ0) is 6.55. The lowest BCUT2D eigenvalue weighted by atomic mass is 9.68. The molecule has 0 aromatic heterocycles. The van der Waals surface area contributed by atoms with Crippen molar-refractivity contribution in [2.45, 2.75) is 0 Å². The van der Waals surface area contributed by atoms with Crippen molar-refractivity contribution in [1.29, 1.82) is 0 Å². The normalized spacial score (nSPS) is 38.4. The van der Waals surface area contributed by atoms with Gasteiger partial charge in [0.15, 0.2) is 0 Å². The van der Waals surface area contributed by atoms with Gasteiger partial charge in [-0.15, -0.1) is 0 Å². The standard InChI is InChI=1S/C10H8/c1-3-7-8(4-1)10-6-2-5-9(7)10/h1-7,9H/t7-,9-. The monoisotopic (exact) mass is 128 g/mol. The van der Waals surface area contributed by atoms with Crippen LogP contribution < -0.4 is 0 Å². The summed E-state index contributed by atoms with van der Waals surface area (Å²) in [7, 11) is 0. The highest BCUT2D eigenvalue weighted by Crippen LogP contribution is 2.51. The first-order valence-electron chi connectivity index (χ1n) is 3.74. The molecule has 2 atom stereocenters. The van der Waals surface area contributed by atoms with Crippen molar-refractivity contribution in [1.82, 2.24) is 0 Å². The van der Waals surface area contributed by atoms with E-state index < -0.39 is 0 Å². The maximum absolute atomic E-state index is 2.30. The number of hydrogen-bond acceptors (Lipinski definition) is 0. The number of hydrogen-bond donors (Lipinski definition) is 0. The van der Waals surface area contributed by atoms with E-state index in [2.05, 4.69) is 36.5 Å². The van der Waals surface area contributed by atoms with Crippen LogP contribution >= 0.6 is 0 Å². The Bertz CT molecular complexity index is 268. The summed E-state index contributed by atoms with van der Waals surface area (Å²) in [4.78, 5) is 0. The van der Waals surface area contributed by atoms with Crippen LogP contribution in [0.15, 0.2) is 47.6 Å². The van der Waals surface area contributed by atoms with Gasteiger partial charge >= 0.3 is 0 Å². The van der Waals surface area contributed by atoms with Crippen LogP contribution in [-0.4, -0.2) is 0 Å². The lowest BCUT2D eigenvalue weighted by Gasteiger charge is -2.34. The predicted molar refractivity (Wildman–Crippen MR) is 41.4 cm³/mol. The summed E-state index contributed by atoms with van der Waals surface area (Å²) in [6.45, 7) is 0. The van der Waals surface area contributed by atoms with Gasteiger partial charge in [0.2, 0.25) is 0 Å². The highest BCUT2D eigenvalue weighted by molar-refractivity contribution is 5.59. The van der Waals surface area contributed by atoms with Gasteiger partial charge in [-0.05, 0) is 11.1 Å². The average molecular weight is 128 g/mol. The van der Waals surface area contributed by atoms with Crippen molar-refractivity contribution in [2.24, 2.45) is 11.8 Å².